The molecule has 50 valence electrons. The summed E-state index contributed by atoms with van der Waals surface area (Å²) in [5.41, 5.74) is 0. The average molecular weight is 126 g/mol. The molecule has 0 amide bonds. The van der Waals surface area contributed by atoms with Gasteiger partial charge in [0.1, 0.15) is 6.61 Å². The van der Waals surface area contributed by atoms with Crippen molar-refractivity contribution >= 4 is 0 Å². The summed E-state index contributed by atoms with van der Waals surface area (Å²) in [7, 11) is 1.19. The molecule has 8 heavy (non-hydrogen) atoms. The van der Waals surface area contributed by atoms with E-state index in [1.54, 1.807) is 0 Å². The Bertz CT molecular complexity index is 51.3. The van der Waals surface area contributed by atoms with Crippen LogP contribution in [0.3, 0.4) is 0 Å². The molecule has 0 aromatic carbocycles. The first-order valence-electron chi connectivity index (χ1n) is 2.12. The van der Waals surface area contributed by atoms with Crippen molar-refractivity contribution in [2.24, 2.45) is 0 Å². The molecule has 0 N–H and O–H groups in total. The molecule has 0 radical (unpaired) electrons. The SMILES string of the molecule is COC(F)COCF. The van der Waals surface area contributed by atoms with Gasteiger partial charge in [-0.2, -0.15) is 0 Å². The summed E-state index contributed by atoms with van der Waals surface area (Å²) >= 11 is 0. The summed E-state index contributed by atoms with van der Waals surface area (Å²) in [4.78, 5) is 0. The number of alkyl halides is 2. The maximum Gasteiger partial charge on any atom is 0.222 e. The lowest BCUT2D eigenvalue weighted by Crippen LogP contribution is -2.11. The number of methoxy groups -OCH3 is 1. The summed E-state index contributed by atoms with van der Waals surface area (Å²) in [5, 5.41) is 0. The third-order valence-electron chi connectivity index (χ3n) is 0.582. The molecule has 0 spiro atoms. The molecule has 0 aliphatic heterocycles. The molecule has 0 fully saturated rings. The maximum atomic E-state index is 11.8. The van der Waals surface area contributed by atoms with E-state index in [2.05, 4.69) is 9.47 Å². The van der Waals surface area contributed by atoms with Gasteiger partial charge in [-0.05, 0) is 0 Å². The van der Waals surface area contributed by atoms with Gasteiger partial charge in [-0.15, -0.1) is 0 Å². The smallest absolute Gasteiger partial charge is 0.222 e. The monoisotopic (exact) mass is 126 g/mol. The Hall–Kier alpha value is -0.220. The summed E-state index contributed by atoms with van der Waals surface area (Å²) in [6.45, 7) is -1.31. The highest BCUT2D eigenvalue weighted by molar-refractivity contribution is 4.31. The van der Waals surface area contributed by atoms with Crippen LogP contribution >= 0.6 is 0 Å². The lowest BCUT2D eigenvalue weighted by Gasteiger charge is -2.02. The lowest BCUT2D eigenvalue weighted by molar-refractivity contribution is -0.0822. The molecular formula is C4H8F2O2. The first kappa shape index (κ1) is 7.78. The van der Waals surface area contributed by atoms with Gasteiger partial charge in [-0.25, -0.2) is 8.78 Å². The molecule has 0 aromatic heterocycles. The van der Waals surface area contributed by atoms with E-state index in [1.165, 1.54) is 7.11 Å². The minimum absolute atomic E-state index is 0.340. The minimum atomic E-state index is -1.51. The number of ether oxygens (including phenoxy) is 2. The van der Waals surface area contributed by atoms with Crippen molar-refractivity contribution < 1.29 is 18.3 Å². The molecule has 0 rings (SSSR count). The van der Waals surface area contributed by atoms with E-state index in [-0.39, 0.29) is 6.61 Å². The molecule has 0 aromatic rings. The lowest BCUT2D eigenvalue weighted by atomic mass is 10.7. The highest BCUT2D eigenvalue weighted by Crippen LogP contribution is 1.90. The fourth-order valence-corrected chi connectivity index (χ4v) is 0.205. The fraction of sp³-hybridized carbons (Fsp3) is 1.00. The molecule has 0 saturated carbocycles. The normalized spacial score (nSPS) is 13.9. The maximum absolute atomic E-state index is 11.8. The third kappa shape index (κ3) is 3.95. The Morgan fingerprint density at radius 3 is 2.62 bits per heavy atom. The summed E-state index contributed by atoms with van der Waals surface area (Å²) in [6, 6.07) is 0. The Morgan fingerprint density at radius 2 is 2.25 bits per heavy atom. The highest BCUT2D eigenvalue weighted by atomic mass is 19.1. The second-order valence-corrected chi connectivity index (χ2v) is 1.13. The van der Waals surface area contributed by atoms with E-state index in [4.69, 9.17) is 0 Å². The first-order valence-corrected chi connectivity index (χ1v) is 2.12. The summed E-state index contributed by atoms with van der Waals surface area (Å²) < 4.78 is 31.0. The van der Waals surface area contributed by atoms with Crippen molar-refractivity contribution in [3.63, 3.8) is 0 Å². The summed E-state index contributed by atoms with van der Waals surface area (Å²) in [6.07, 6.45) is -1.51. The van der Waals surface area contributed by atoms with Crippen LogP contribution in [0.1, 0.15) is 0 Å². The average Bonchev–Trinajstić information content (AvgIpc) is 1.83. The van der Waals surface area contributed by atoms with E-state index in [0.29, 0.717) is 0 Å². The third-order valence-corrected chi connectivity index (χ3v) is 0.582. The van der Waals surface area contributed by atoms with Crippen molar-refractivity contribution in [1.29, 1.82) is 0 Å². The van der Waals surface area contributed by atoms with Crippen LogP contribution in [0.15, 0.2) is 0 Å². The van der Waals surface area contributed by atoms with Gasteiger partial charge in [0.25, 0.3) is 0 Å². The van der Waals surface area contributed by atoms with Gasteiger partial charge < -0.3 is 9.47 Å². The van der Waals surface area contributed by atoms with Crippen LogP contribution in [-0.2, 0) is 9.47 Å². The number of hydrogen-bond acceptors (Lipinski definition) is 2. The largest absolute Gasteiger partial charge is 0.350 e. The molecule has 1 unspecified atom stereocenters. The molecule has 0 saturated heterocycles. The predicted molar refractivity (Wildman–Crippen MR) is 23.8 cm³/mol. The zero-order valence-electron chi connectivity index (χ0n) is 4.56. The van der Waals surface area contributed by atoms with Crippen LogP contribution in [0.2, 0.25) is 0 Å². The molecule has 2 nitrogen and oxygen atoms in total. The van der Waals surface area contributed by atoms with Gasteiger partial charge >= 0.3 is 0 Å². The van der Waals surface area contributed by atoms with Crippen molar-refractivity contribution in [3.8, 4) is 0 Å². The molecule has 0 aliphatic rings. The van der Waals surface area contributed by atoms with Crippen LogP contribution in [0.25, 0.3) is 0 Å². The van der Waals surface area contributed by atoms with E-state index in [0.717, 1.165) is 0 Å². The zero-order chi connectivity index (χ0) is 6.41. The molecule has 4 heteroatoms. The number of hydrogen-bond donors (Lipinski definition) is 0. The minimum Gasteiger partial charge on any atom is -0.350 e. The standard InChI is InChI=1S/C4H8F2O2/c1-7-4(6)2-8-3-5/h4H,2-3H2,1H3. The fourth-order valence-electron chi connectivity index (χ4n) is 0.205. The highest BCUT2D eigenvalue weighted by Gasteiger charge is 2.00. The van der Waals surface area contributed by atoms with Crippen LogP contribution < -0.4 is 0 Å². The topological polar surface area (TPSA) is 18.5 Å². The van der Waals surface area contributed by atoms with Crippen molar-refractivity contribution in [3.05, 3.63) is 0 Å². The number of rotatable bonds is 4. The van der Waals surface area contributed by atoms with E-state index in [1.807, 2.05) is 0 Å². The second kappa shape index (κ2) is 4.93. The molecular weight excluding hydrogens is 118 g/mol. The van der Waals surface area contributed by atoms with Gasteiger partial charge in [-0.3, -0.25) is 0 Å². The Kier molecular flexibility index (Phi) is 4.79. The van der Waals surface area contributed by atoms with Crippen molar-refractivity contribution in [2.45, 2.75) is 6.36 Å². The first-order chi connectivity index (χ1) is 3.81. The van der Waals surface area contributed by atoms with Gasteiger partial charge in [-0.1, -0.05) is 0 Å². The van der Waals surface area contributed by atoms with Crippen LogP contribution in [-0.4, -0.2) is 26.9 Å². The molecule has 1 atom stereocenters. The van der Waals surface area contributed by atoms with E-state index in [9.17, 15) is 8.78 Å². The van der Waals surface area contributed by atoms with Gasteiger partial charge in [0.2, 0.25) is 6.36 Å². The van der Waals surface area contributed by atoms with Crippen molar-refractivity contribution in [2.75, 3.05) is 20.6 Å². The zero-order valence-corrected chi connectivity index (χ0v) is 4.56. The molecule has 0 heterocycles. The molecule has 0 bridgehead atoms. The van der Waals surface area contributed by atoms with Gasteiger partial charge in [0.15, 0.2) is 6.86 Å². The van der Waals surface area contributed by atoms with E-state index >= 15 is 0 Å². The van der Waals surface area contributed by atoms with E-state index < -0.39 is 13.2 Å². The summed E-state index contributed by atoms with van der Waals surface area (Å²) in [5.74, 6) is 0. The predicted octanol–water partition coefficient (Wildman–Crippen LogP) is 0.872. The Morgan fingerprint density at radius 1 is 1.62 bits per heavy atom. The van der Waals surface area contributed by atoms with Crippen LogP contribution in [0, 0.1) is 0 Å². The molecule has 0 aliphatic carbocycles. The van der Waals surface area contributed by atoms with Crippen LogP contribution in [0.5, 0.6) is 0 Å². The van der Waals surface area contributed by atoms with Crippen LogP contribution in [0.4, 0.5) is 8.78 Å². The Labute approximate surface area is 46.4 Å². The Balaban J connectivity index is 2.86. The second-order valence-electron chi connectivity index (χ2n) is 1.13. The van der Waals surface area contributed by atoms with Gasteiger partial charge in [0.05, 0.1) is 0 Å². The number of halogens is 2. The quantitative estimate of drug-likeness (QED) is 0.556. The van der Waals surface area contributed by atoms with Gasteiger partial charge in [0, 0.05) is 7.11 Å². The van der Waals surface area contributed by atoms with Crippen molar-refractivity contribution in [1.82, 2.24) is 0 Å².